The summed E-state index contributed by atoms with van der Waals surface area (Å²) in [5.74, 6) is -0.217. The van der Waals surface area contributed by atoms with Crippen molar-refractivity contribution in [2.24, 2.45) is 0 Å². The van der Waals surface area contributed by atoms with Gasteiger partial charge in [0.15, 0.2) is 11.2 Å². The van der Waals surface area contributed by atoms with Crippen molar-refractivity contribution in [3.63, 3.8) is 0 Å². The van der Waals surface area contributed by atoms with E-state index in [1.54, 1.807) is 62.6 Å². The first kappa shape index (κ1) is 28.8. The Balaban J connectivity index is 1.72. The number of nitrogens with zero attached hydrogens (tertiary/aromatic N) is 4. The summed E-state index contributed by atoms with van der Waals surface area (Å²) in [6, 6.07) is 15.2. The zero-order valence-corrected chi connectivity index (χ0v) is 26.0. The van der Waals surface area contributed by atoms with Crippen molar-refractivity contribution in [2.45, 2.75) is 32.4 Å². The van der Waals surface area contributed by atoms with Crippen LogP contribution in [0, 0.1) is 6.92 Å². The van der Waals surface area contributed by atoms with Crippen LogP contribution >= 0.6 is 23.2 Å². The lowest BCUT2D eigenvalue weighted by Crippen LogP contribution is -2.51. The fraction of sp³-hybridized carbons (Fsp3) is 0.250. The minimum absolute atomic E-state index is 0.118. The van der Waals surface area contributed by atoms with Crippen LogP contribution in [0.15, 0.2) is 54.6 Å². The summed E-state index contributed by atoms with van der Waals surface area (Å²) in [6.07, 6.45) is 0. The second-order valence-corrected chi connectivity index (χ2v) is 12.0. The quantitative estimate of drug-likeness (QED) is 0.283. The SMILES string of the molecule is COc1ccc(C(=O)N(C)C)cc1-c1nc2c(n1C(C)C)[C@]1(C(=O)Nc3cc(Cl)ccc31)N(c1cc(Cl)ccc1C)C2=O. The van der Waals surface area contributed by atoms with Gasteiger partial charge in [-0.3, -0.25) is 19.3 Å². The number of methoxy groups -OCH3 is 1. The molecule has 2 aliphatic heterocycles. The third-order valence-corrected chi connectivity index (χ3v) is 8.44. The van der Waals surface area contributed by atoms with E-state index in [0.29, 0.717) is 55.4 Å². The van der Waals surface area contributed by atoms with Crippen LogP contribution < -0.4 is 15.0 Å². The molecule has 6 rings (SSSR count). The molecule has 0 aliphatic carbocycles. The van der Waals surface area contributed by atoms with Crippen LogP contribution in [0.5, 0.6) is 5.75 Å². The Hall–Kier alpha value is -4.34. The molecule has 43 heavy (non-hydrogen) atoms. The van der Waals surface area contributed by atoms with Gasteiger partial charge in [0.1, 0.15) is 11.6 Å². The normalized spacial score (nSPS) is 17.0. The molecule has 0 fully saturated rings. The summed E-state index contributed by atoms with van der Waals surface area (Å²) < 4.78 is 7.59. The van der Waals surface area contributed by atoms with E-state index in [4.69, 9.17) is 32.9 Å². The Morgan fingerprint density at radius 2 is 1.72 bits per heavy atom. The van der Waals surface area contributed by atoms with Gasteiger partial charge in [0, 0.05) is 47.0 Å². The molecule has 11 heteroatoms. The standard InChI is InChI=1S/C32H29Cl2N5O4/c1-16(2)38-27-26(36-28(38)21-13-18(29(40)37(4)5)8-12-25(21)43-6)30(41)39(24-15-20(34)9-7-17(24)3)32(27)22-11-10-19(33)14-23(22)35-31(32)42/h7-16H,1-6H3,(H,35,42)/t32-/m1/s1. The van der Waals surface area contributed by atoms with Crippen molar-refractivity contribution >= 4 is 52.3 Å². The molecule has 0 bridgehead atoms. The van der Waals surface area contributed by atoms with Gasteiger partial charge >= 0.3 is 0 Å². The molecule has 220 valence electrons. The van der Waals surface area contributed by atoms with E-state index < -0.39 is 17.4 Å². The van der Waals surface area contributed by atoms with Gasteiger partial charge in [-0.15, -0.1) is 0 Å². The van der Waals surface area contributed by atoms with Crippen LogP contribution in [0.3, 0.4) is 0 Å². The lowest BCUT2D eigenvalue weighted by Gasteiger charge is -2.36. The fourth-order valence-corrected chi connectivity index (χ4v) is 6.44. The number of nitrogens with one attached hydrogen (secondary N) is 1. The van der Waals surface area contributed by atoms with Crippen LogP contribution in [0.1, 0.15) is 57.6 Å². The van der Waals surface area contributed by atoms with E-state index in [2.05, 4.69) is 5.32 Å². The van der Waals surface area contributed by atoms with Gasteiger partial charge in [0.05, 0.1) is 24.1 Å². The molecule has 0 unspecified atom stereocenters. The number of fused-ring (bicyclic) bond motifs is 4. The maximum absolute atomic E-state index is 14.6. The van der Waals surface area contributed by atoms with Crippen LogP contribution in [0.2, 0.25) is 10.0 Å². The number of amides is 3. The van der Waals surface area contributed by atoms with Gasteiger partial charge in [0.25, 0.3) is 17.7 Å². The van der Waals surface area contributed by atoms with Gasteiger partial charge in [-0.1, -0.05) is 35.3 Å². The molecule has 0 saturated carbocycles. The van der Waals surface area contributed by atoms with E-state index in [1.807, 2.05) is 31.4 Å². The Morgan fingerprint density at radius 1 is 1.02 bits per heavy atom. The summed E-state index contributed by atoms with van der Waals surface area (Å²) in [6.45, 7) is 5.76. The number of halogens is 2. The maximum Gasteiger partial charge on any atom is 0.280 e. The first-order chi connectivity index (χ1) is 20.4. The minimum Gasteiger partial charge on any atom is -0.496 e. The Labute approximate surface area is 259 Å². The number of aryl methyl sites for hydroxylation is 1. The number of hydrogen-bond acceptors (Lipinski definition) is 5. The molecule has 9 nitrogen and oxygen atoms in total. The summed E-state index contributed by atoms with van der Waals surface area (Å²) in [5.41, 5.74) is 2.15. The number of aromatic nitrogens is 2. The zero-order valence-electron chi connectivity index (χ0n) is 24.5. The van der Waals surface area contributed by atoms with Gasteiger partial charge in [0.2, 0.25) is 0 Å². The van der Waals surface area contributed by atoms with Crippen molar-refractivity contribution in [2.75, 3.05) is 31.4 Å². The van der Waals surface area contributed by atoms with Crippen molar-refractivity contribution in [3.8, 4) is 17.1 Å². The highest BCUT2D eigenvalue weighted by Gasteiger charge is 2.64. The molecule has 0 saturated heterocycles. The van der Waals surface area contributed by atoms with Gasteiger partial charge < -0.3 is 19.5 Å². The van der Waals surface area contributed by atoms with Crippen molar-refractivity contribution < 1.29 is 19.1 Å². The summed E-state index contributed by atoms with van der Waals surface area (Å²) in [5, 5.41) is 3.83. The number of anilines is 2. The van der Waals surface area contributed by atoms with E-state index in [-0.39, 0.29) is 17.6 Å². The molecule has 1 spiro atoms. The van der Waals surface area contributed by atoms with Crippen molar-refractivity contribution in [1.29, 1.82) is 0 Å². The second-order valence-electron chi connectivity index (χ2n) is 11.1. The number of carbonyl (C=O) groups excluding carboxylic acids is 3. The maximum atomic E-state index is 14.6. The largest absolute Gasteiger partial charge is 0.496 e. The lowest BCUT2D eigenvalue weighted by atomic mass is 9.86. The molecule has 1 N–H and O–H groups in total. The number of imidazole rings is 1. The Bertz CT molecular complexity index is 1860. The number of rotatable bonds is 5. The summed E-state index contributed by atoms with van der Waals surface area (Å²) in [7, 11) is 4.88. The molecule has 0 radical (unpaired) electrons. The fourth-order valence-electron chi connectivity index (χ4n) is 6.10. The third kappa shape index (κ3) is 4.06. The summed E-state index contributed by atoms with van der Waals surface area (Å²) in [4.78, 5) is 49.8. The van der Waals surface area contributed by atoms with Gasteiger partial charge in [-0.05, 0) is 68.8 Å². The molecule has 3 heterocycles. The number of hydrogen-bond donors (Lipinski definition) is 1. The van der Waals surface area contributed by atoms with E-state index in [9.17, 15) is 14.4 Å². The smallest absolute Gasteiger partial charge is 0.280 e. The molecule has 3 amide bonds. The topological polar surface area (TPSA) is 96.8 Å². The average molecular weight is 619 g/mol. The molecule has 1 atom stereocenters. The first-order valence-corrected chi connectivity index (χ1v) is 14.4. The Morgan fingerprint density at radius 3 is 2.40 bits per heavy atom. The monoisotopic (exact) mass is 617 g/mol. The minimum atomic E-state index is -1.62. The molecule has 3 aromatic carbocycles. The molecule has 1 aromatic heterocycles. The number of ether oxygens (including phenoxy) is 1. The van der Waals surface area contributed by atoms with Gasteiger partial charge in [-0.2, -0.15) is 0 Å². The highest BCUT2D eigenvalue weighted by atomic mass is 35.5. The highest BCUT2D eigenvalue weighted by Crippen LogP contribution is 2.55. The highest BCUT2D eigenvalue weighted by molar-refractivity contribution is 6.32. The van der Waals surface area contributed by atoms with Crippen LogP contribution in [-0.2, 0) is 10.3 Å². The molecule has 2 aliphatic rings. The zero-order chi connectivity index (χ0) is 31.0. The average Bonchev–Trinajstić information content (AvgIpc) is 3.57. The Kier molecular flexibility index (Phi) is 6.78. The number of benzene rings is 3. The van der Waals surface area contributed by atoms with E-state index >= 15 is 0 Å². The second kappa shape index (κ2) is 10.1. The predicted molar refractivity (Wildman–Crippen MR) is 166 cm³/mol. The molecular weight excluding hydrogens is 589 g/mol. The lowest BCUT2D eigenvalue weighted by molar-refractivity contribution is -0.119. The van der Waals surface area contributed by atoms with E-state index in [0.717, 1.165) is 5.56 Å². The number of carbonyl (C=O) groups is 3. The van der Waals surface area contributed by atoms with E-state index in [1.165, 1.54) is 16.9 Å². The van der Waals surface area contributed by atoms with Crippen LogP contribution in [0.4, 0.5) is 11.4 Å². The van der Waals surface area contributed by atoms with Gasteiger partial charge in [-0.25, -0.2) is 4.98 Å². The van der Waals surface area contributed by atoms with Crippen molar-refractivity contribution in [3.05, 3.63) is 92.7 Å². The predicted octanol–water partition coefficient (Wildman–Crippen LogP) is 6.31. The molecule has 4 aromatic rings. The van der Waals surface area contributed by atoms with Crippen molar-refractivity contribution in [1.82, 2.24) is 14.5 Å². The van der Waals surface area contributed by atoms with Crippen LogP contribution in [-0.4, -0.2) is 53.4 Å². The first-order valence-electron chi connectivity index (χ1n) is 13.7. The summed E-state index contributed by atoms with van der Waals surface area (Å²) >= 11 is 12.8. The third-order valence-electron chi connectivity index (χ3n) is 7.97. The molecular formula is C32H29Cl2N5O4. The van der Waals surface area contributed by atoms with Crippen LogP contribution in [0.25, 0.3) is 11.4 Å².